The third-order valence-corrected chi connectivity index (χ3v) is 6.93. The van der Waals surface area contributed by atoms with E-state index >= 15 is 0 Å². The molecule has 1 aliphatic heterocycles. The summed E-state index contributed by atoms with van der Waals surface area (Å²) in [7, 11) is 0. The largest absolute Gasteiger partial charge is 0.323 e. The Bertz CT molecular complexity index is 1430. The van der Waals surface area contributed by atoms with Gasteiger partial charge in [0.25, 0.3) is 5.65 Å². The summed E-state index contributed by atoms with van der Waals surface area (Å²) in [5.74, 6) is 0. The molecular formula is C25H26N4Pr. The van der Waals surface area contributed by atoms with Crippen LogP contribution in [0.15, 0.2) is 48.8 Å². The molecule has 1 radical (unpaired) electrons. The van der Waals surface area contributed by atoms with Gasteiger partial charge in [0.1, 0.15) is 6.20 Å². The number of pyridine rings is 1. The molecular weight excluding hydrogens is 497 g/mol. The number of hydrogen-bond donors (Lipinski definition) is 0. The zero-order valence-corrected chi connectivity index (χ0v) is 22.2. The molecule has 0 spiro atoms. The summed E-state index contributed by atoms with van der Waals surface area (Å²) in [4.78, 5) is 9.51. The number of nitrogens with zero attached hydrogens (tertiary/aromatic N) is 4. The third kappa shape index (κ3) is 2.44. The van der Waals surface area contributed by atoms with Crippen LogP contribution in [-0.4, -0.2) is 14.4 Å². The van der Waals surface area contributed by atoms with Crippen LogP contribution in [0.3, 0.4) is 0 Å². The van der Waals surface area contributed by atoms with Crippen molar-refractivity contribution in [3.05, 3.63) is 60.4 Å². The summed E-state index contributed by atoms with van der Waals surface area (Å²) >= 11 is 0. The van der Waals surface area contributed by atoms with Crippen molar-refractivity contribution in [2.45, 2.75) is 52.5 Å². The van der Waals surface area contributed by atoms with Gasteiger partial charge < -0.3 is 0 Å². The monoisotopic (exact) mass is 523 g/mol. The molecule has 30 heavy (non-hydrogen) atoms. The number of hydrogen-bond acceptors (Lipinski definition) is 2. The molecule has 4 nitrogen and oxygen atoms in total. The maximum Gasteiger partial charge on any atom is 0.323 e. The van der Waals surface area contributed by atoms with Crippen molar-refractivity contribution < 1.29 is 45.9 Å². The van der Waals surface area contributed by atoms with Gasteiger partial charge >= 0.3 is 5.65 Å². The molecule has 2 aromatic carbocycles. The average Bonchev–Trinajstić information content (AvgIpc) is 3.10. The minimum atomic E-state index is -0.161. The van der Waals surface area contributed by atoms with Crippen LogP contribution in [0.5, 0.6) is 0 Å². The van der Waals surface area contributed by atoms with E-state index in [-0.39, 0.29) is 52.2 Å². The van der Waals surface area contributed by atoms with Gasteiger partial charge in [-0.2, -0.15) is 18.2 Å². The van der Waals surface area contributed by atoms with Gasteiger partial charge in [-0.15, -0.1) is 11.1 Å². The molecule has 0 aliphatic carbocycles. The average molecular weight is 523 g/mol. The van der Waals surface area contributed by atoms with Crippen molar-refractivity contribution in [3.8, 4) is 0 Å². The molecule has 0 saturated heterocycles. The fourth-order valence-electron chi connectivity index (χ4n) is 4.90. The fourth-order valence-corrected chi connectivity index (χ4v) is 4.90. The number of benzene rings is 2. The minimum absolute atomic E-state index is 0. The van der Waals surface area contributed by atoms with Gasteiger partial charge in [-0.1, -0.05) is 56.7 Å². The topological polar surface area (TPSA) is 34.1 Å². The van der Waals surface area contributed by atoms with E-state index in [1.165, 1.54) is 27.4 Å². The molecule has 6 rings (SSSR count). The van der Waals surface area contributed by atoms with Gasteiger partial charge in [0.05, 0.1) is 11.7 Å². The molecule has 0 fully saturated rings. The van der Waals surface area contributed by atoms with Gasteiger partial charge in [0.15, 0.2) is 0 Å². The van der Waals surface area contributed by atoms with Crippen molar-refractivity contribution in [1.82, 2.24) is 14.4 Å². The third-order valence-electron chi connectivity index (χ3n) is 6.93. The maximum atomic E-state index is 4.77. The zero-order valence-electron chi connectivity index (χ0n) is 18.5. The smallest absolute Gasteiger partial charge is 0.227 e. The molecule has 4 heterocycles. The summed E-state index contributed by atoms with van der Waals surface area (Å²) in [6.07, 6.45) is 3.58. The van der Waals surface area contributed by atoms with Crippen molar-refractivity contribution in [1.29, 1.82) is 0 Å². The van der Waals surface area contributed by atoms with Gasteiger partial charge in [-0.05, 0) is 19.4 Å². The molecule has 5 aromatic rings. The molecule has 3 aromatic heterocycles. The summed E-state index contributed by atoms with van der Waals surface area (Å²) in [5.41, 5.74) is 5.33. The number of imidazole rings is 1. The van der Waals surface area contributed by atoms with Crippen molar-refractivity contribution in [2.75, 3.05) is 0 Å². The first kappa shape index (κ1) is 21.6. The van der Waals surface area contributed by atoms with E-state index in [0.717, 1.165) is 16.8 Å². The van der Waals surface area contributed by atoms with Crippen LogP contribution >= 0.6 is 0 Å². The van der Waals surface area contributed by atoms with Crippen LogP contribution in [0.4, 0.5) is 0 Å². The fraction of sp³-hybridized carbons (Fsp3) is 0.320. The first-order valence-electron chi connectivity index (χ1n) is 10.4. The predicted octanol–water partition coefficient (Wildman–Crippen LogP) is 5.33. The molecule has 0 atom stereocenters. The van der Waals surface area contributed by atoms with E-state index < -0.39 is 0 Å². The van der Waals surface area contributed by atoms with Crippen LogP contribution in [0.2, 0.25) is 0 Å². The van der Waals surface area contributed by atoms with Crippen LogP contribution in [-0.2, 0) is 11.0 Å². The Balaban J connectivity index is 0.000000706. The first-order chi connectivity index (χ1) is 13.9. The van der Waals surface area contributed by atoms with E-state index in [0.29, 0.717) is 0 Å². The second-order valence-electron chi connectivity index (χ2n) is 8.55. The van der Waals surface area contributed by atoms with Crippen LogP contribution in [0, 0.1) is 47.4 Å². The summed E-state index contributed by atoms with van der Waals surface area (Å²) < 4.78 is 4.69. The van der Waals surface area contributed by atoms with E-state index in [4.69, 9.17) is 9.97 Å². The first-order valence-corrected chi connectivity index (χ1v) is 10.4. The minimum Gasteiger partial charge on any atom is -0.227 e. The summed E-state index contributed by atoms with van der Waals surface area (Å²) in [5, 5.41) is 3.77. The maximum absolute atomic E-state index is 4.77. The Morgan fingerprint density at radius 1 is 0.967 bits per heavy atom. The van der Waals surface area contributed by atoms with E-state index in [1.54, 1.807) is 12.4 Å². The number of fused-ring (bicyclic) bond motifs is 6. The van der Waals surface area contributed by atoms with Crippen LogP contribution in [0.1, 0.15) is 47.1 Å². The molecule has 0 bridgehead atoms. The molecule has 5 heteroatoms. The van der Waals surface area contributed by atoms with E-state index in [1.807, 2.05) is 19.9 Å². The van der Waals surface area contributed by atoms with Crippen molar-refractivity contribution in [2.24, 2.45) is 0 Å². The Kier molecular flexibility index (Phi) is 5.18. The SMILES string of the molecule is CC.CC1(C)c2cccc3c4c[c-]ccc4n4c5nccnc5[n+](c4c23)C1(C)C.[Pr]. The summed E-state index contributed by atoms with van der Waals surface area (Å²) in [6.45, 7) is 13.3. The van der Waals surface area contributed by atoms with Crippen molar-refractivity contribution in [3.63, 3.8) is 0 Å². The van der Waals surface area contributed by atoms with Crippen LogP contribution in [0.25, 0.3) is 38.6 Å². The molecule has 0 amide bonds. The normalized spacial score (nSPS) is 15.9. The van der Waals surface area contributed by atoms with E-state index in [9.17, 15) is 0 Å². The Morgan fingerprint density at radius 3 is 2.47 bits per heavy atom. The predicted molar refractivity (Wildman–Crippen MR) is 118 cm³/mol. The Hall–Kier alpha value is -1.65. The Labute approximate surface area is 210 Å². The zero-order chi connectivity index (χ0) is 20.6. The molecule has 0 unspecified atom stereocenters. The molecule has 149 valence electrons. The summed E-state index contributed by atoms with van der Waals surface area (Å²) in [6, 6.07) is 16.2. The molecule has 1 aliphatic rings. The number of rotatable bonds is 0. The van der Waals surface area contributed by atoms with Gasteiger partial charge in [0.2, 0.25) is 5.65 Å². The quantitative estimate of drug-likeness (QED) is 0.156. The van der Waals surface area contributed by atoms with Gasteiger partial charge in [-0.25, -0.2) is 14.0 Å². The molecule has 0 saturated carbocycles. The second-order valence-corrected chi connectivity index (χ2v) is 8.55. The van der Waals surface area contributed by atoms with E-state index in [2.05, 4.69) is 73.1 Å². The standard InChI is InChI=1S/C23H20N4.C2H6.Pr/c1-22(2)16-10-7-9-15-14-8-5-6-11-17(14)26-19-20(25-13-12-24-19)27(23(22,3)4)21(26)18(15)16;1-2;/h6-13H,1-4H3;1-2H3;. The molecule has 0 N–H and O–H groups in total. The van der Waals surface area contributed by atoms with Crippen LogP contribution < -0.4 is 4.57 Å². The Morgan fingerprint density at radius 2 is 1.70 bits per heavy atom. The second kappa shape index (κ2) is 7.20. The number of aromatic nitrogens is 4. The van der Waals surface area contributed by atoms with Crippen molar-refractivity contribution >= 4 is 38.6 Å². The van der Waals surface area contributed by atoms with Gasteiger partial charge in [-0.3, -0.25) is 0 Å². The van der Waals surface area contributed by atoms with Gasteiger partial charge in [0, 0.05) is 57.6 Å².